The molecule has 2 N–H and O–H groups in total. The number of rotatable bonds is 5. The van der Waals surface area contributed by atoms with Crippen LogP contribution in [0.2, 0.25) is 0 Å². The van der Waals surface area contributed by atoms with Crippen LogP contribution in [0.4, 0.5) is 0 Å². The second-order valence-electron chi connectivity index (χ2n) is 3.33. The molecule has 1 rings (SSSR count). The van der Waals surface area contributed by atoms with E-state index in [1.54, 1.807) is 19.2 Å². The molecular weight excluding hydrogens is 274 g/mol. The van der Waals surface area contributed by atoms with Crippen LogP contribution in [0.25, 0.3) is 0 Å². The number of phenolic OH excluding ortho intramolecular Hbond substituents is 1. The van der Waals surface area contributed by atoms with Gasteiger partial charge in [-0.05, 0) is 24.3 Å². The van der Waals surface area contributed by atoms with Crippen LogP contribution < -0.4 is 5.32 Å². The molecule has 0 saturated carbocycles. The van der Waals surface area contributed by atoms with E-state index >= 15 is 0 Å². The number of alkyl halides is 1. The lowest BCUT2D eigenvalue weighted by atomic mass is 10.2. The molecule has 1 amide bonds. The highest BCUT2D eigenvalue weighted by Gasteiger charge is 2.12. The van der Waals surface area contributed by atoms with Crippen molar-refractivity contribution >= 4 is 21.8 Å². The summed E-state index contributed by atoms with van der Waals surface area (Å²) in [6.07, 6.45) is 0. The third-order valence-electron chi connectivity index (χ3n) is 2.02. The van der Waals surface area contributed by atoms with E-state index in [9.17, 15) is 4.79 Å². The number of nitrogens with one attached hydrogen (secondary N) is 1. The molecule has 88 valence electrons. The Hall–Kier alpha value is -1.07. The van der Waals surface area contributed by atoms with Gasteiger partial charge < -0.3 is 15.2 Å². The number of benzene rings is 1. The van der Waals surface area contributed by atoms with Crippen LogP contribution in [0.1, 0.15) is 10.4 Å². The summed E-state index contributed by atoms with van der Waals surface area (Å²) in [6.45, 7) is 0.453. The Bertz CT molecular complexity index is 340. The number of carbonyl (C=O) groups excluding carboxylic acids is 1. The molecule has 4 nitrogen and oxygen atoms in total. The van der Waals surface area contributed by atoms with Gasteiger partial charge >= 0.3 is 0 Å². The summed E-state index contributed by atoms with van der Waals surface area (Å²) < 4.78 is 4.97. The molecule has 5 heteroatoms. The molecule has 1 aromatic carbocycles. The minimum atomic E-state index is -0.179. The van der Waals surface area contributed by atoms with E-state index in [1.165, 1.54) is 12.1 Å². The largest absolute Gasteiger partial charge is 0.508 e. The predicted molar refractivity (Wildman–Crippen MR) is 65.0 cm³/mol. The maximum atomic E-state index is 11.7. The summed E-state index contributed by atoms with van der Waals surface area (Å²) in [5.41, 5.74) is 0.514. The maximum Gasteiger partial charge on any atom is 0.251 e. The quantitative estimate of drug-likeness (QED) is 0.808. The lowest BCUT2D eigenvalue weighted by Gasteiger charge is -2.15. The van der Waals surface area contributed by atoms with Crippen LogP contribution in [0.5, 0.6) is 5.75 Å². The molecule has 0 spiro atoms. The van der Waals surface area contributed by atoms with Crippen LogP contribution in [-0.2, 0) is 4.74 Å². The van der Waals surface area contributed by atoms with E-state index in [1.807, 2.05) is 0 Å². The average Bonchev–Trinajstić information content (AvgIpc) is 2.29. The predicted octanol–water partition coefficient (Wildman–Crippen LogP) is 1.53. The molecule has 0 bridgehead atoms. The highest BCUT2D eigenvalue weighted by atomic mass is 79.9. The first-order valence-corrected chi connectivity index (χ1v) is 5.94. The highest BCUT2D eigenvalue weighted by molar-refractivity contribution is 9.09. The SMILES string of the molecule is COCC(CBr)NC(=O)c1ccc(O)cc1. The molecule has 1 aromatic rings. The number of methoxy groups -OCH3 is 1. The van der Waals surface area contributed by atoms with Crippen molar-refractivity contribution in [3.05, 3.63) is 29.8 Å². The van der Waals surface area contributed by atoms with Crippen molar-refractivity contribution in [2.24, 2.45) is 0 Å². The minimum Gasteiger partial charge on any atom is -0.508 e. The molecule has 0 saturated heterocycles. The maximum absolute atomic E-state index is 11.7. The molecule has 0 radical (unpaired) electrons. The van der Waals surface area contributed by atoms with Gasteiger partial charge in [0.1, 0.15) is 5.75 Å². The van der Waals surface area contributed by atoms with E-state index in [4.69, 9.17) is 9.84 Å². The fourth-order valence-corrected chi connectivity index (χ4v) is 1.56. The smallest absolute Gasteiger partial charge is 0.251 e. The lowest BCUT2D eigenvalue weighted by molar-refractivity contribution is 0.0908. The summed E-state index contributed by atoms with van der Waals surface area (Å²) in [5, 5.41) is 12.5. The molecular formula is C11H14BrNO3. The van der Waals surface area contributed by atoms with Crippen LogP contribution in [-0.4, -0.2) is 36.1 Å². The van der Waals surface area contributed by atoms with Crippen molar-refractivity contribution in [2.45, 2.75) is 6.04 Å². The molecule has 1 atom stereocenters. The van der Waals surface area contributed by atoms with Gasteiger partial charge in [-0.3, -0.25) is 4.79 Å². The van der Waals surface area contributed by atoms with Crippen LogP contribution in [0.3, 0.4) is 0 Å². The van der Waals surface area contributed by atoms with Crippen molar-refractivity contribution in [1.82, 2.24) is 5.32 Å². The summed E-state index contributed by atoms with van der Waals surface area (Å²) in [4.78, 5) is 11.7. The third-order valence-corrected chi connectivity index (χ3v) is 2.80. The summed E-state index contributed by atoms with van der Waals surface area (Å²) in [6, 6.07) is 6.04. The van der Waals surface area contributed by atoms with Gasteiger partial charge in [-0.15, -0.1) is 0 Å². The molecule has 0 aromatic heterocycles. The Morgan fingerprint density at radius 2 is 2.12 bits per heavy atom. The fraction of sp³-hybridized carbons (Fsp3) is 0.364. The monoisotopic (exact) mass is 287 g/mol. The number of halogens is 1. The van der Waals surface area contributed by atoms with Gasteiger partial charge in [0, 0.05) is 18.0 Å². The normalized spacial score (nSPS) is 12.1. The van der Waals surface area contributed by atoms with Gasteiger partial charge in [0.25, 0.3) is 5.91 Å². The van der Waals surface area contributed by atoms with Crippen molar-refractivity contribution < 1.29 is 14.6 Å². The minimum absolute atomic E-state index is 0.0636. The molecule has 0 aliphatic heterocycles. The van der Waals surface area contributed by atoms with Gasteiger partial charge in [-0.1, -0.05) is 15.9 Å². The Kier molecular flexibility index (Phi) is 5.28. The van der Waals surface area contributed by atoms with Crippen LogP contribution >= 0.6 is 15.9 Å². The van der Waals surface area contributed by atoms with Crippen molar-refractivity contribution in [2.75, 3.05) is 19.0 Å². The molecule has 16 heavy (non-hydrogen) atoms. The van der Waals surface area contributed by atoms with E-state index in [0.717, 1.165) is 0 Å². The van der Waals surface area contributed by atoms with Gasteiger partial charge in [0.05, 0.1) is 12.6 Å². The van der Waals surface area contributed by atoms with Crippen molar-refractivity contribution in [1.29, 1.82) is 0 Å². The number of phenols is 1. The van der Waals surface area contributed by atoms with Crippen molar-refractivity contribution in [3.63, 3.8) is 0 Å². The summed E-state index contributed by atoms with van der Waals surface area (Å²) >= 11 is 3.29. The number of hydrogen-bond acceptors (Lipinski definition) is 3. The van der Waals surface area contributed by atoms with Gasteiger partial charge in [-0.25, -0.2) is 0 Å². The van der Waals surface area contributed by atoms with E-state index in [-0.39, 0.29) is 17.7 Å². The Labute approximate surface area is 103 Å². The summed E-state index contributed by atoms with van der Waals surface area (Å²) in [5.74, 6) is -0.0352. The summed E-state index contributed by atoms with van der Waals surface area (Å²) in [7, 11) is 1.59. The Morgan fingerprint density at radius 3 is 2.62 bits per heavy atom. The van der Waals surface area contributed by atoms with Crippen LogP contribution in [0, 0.1) is 0 Å². The zero-order valence-electron chi connectivity index (χ0n) is 8.94. The average molecular weight is 288 g/mol. The number of hydrogen-bond donors (Lipinski definition) is 2. The standard InChI is InChI=1S/C11H14BrNO3/c1-16-7-9(6-12)13-11(15)8-2-4-10(14)5-3-8/h2-5,9,14H,6-7H2,1H3,(H,13,15). The molecule has 0 heterocycles. The Morgan fingerprint density at radius 1 is 1.50 bits per heavy atom. The van der Waals surface area contributed by atoms with Crippen molar-refractivity contribution in [3.8, 4) is 5.75 Å². The first-order valence-electron chi connectivity index (χ1n) is 4.82. The first-order chi connectivity index (χ1) is 7.67. The second-order valence-corrected chi connectivity index (χ2v) is 3.97. The van der Waals surface area contributed by atoms with E-state index in [2.05, 4.69) is 21.2 Å². The fourth-order valence-electron chi connectivity index (χ4n) is 1.21. The zero-order chi connectivity index (χ0) is 12.0. The zero-order valence-corrected chi connectivity index (χ0v) is 10.5. The van der Waals surface area contributed by atoms with Crippen LogP contribution in [0.15, 0.2) is 24.3 Å². The number of ether oxygens (including phenoxy) is 1. The van der Waals surface area contributed by atoms with E-state index in [0.29, 0.717) is 17.5 Å². The molecule has 1 unspecified atom stereocenters. The van der Waals surface area contributed by atoms with Gasteiger partial charge in [-0.2, -0.15) is 0 Å². The topological polar surface area (TPSA) is 58.6 Å². The lowest BCUT2D eigenvalue weighted by Crippen LogP contribution is -2.39. The second kappa shape index (κ2) is 6.50. The van der Waals surface area contributed by atoms with Gasteiger partial charge in [0.15, 0.2) is 0 Å². The molecule has 0 aliphatic carbocycles. The first kappa shape index (κ1) is 13.0. The molecule has 0 fully saturated rings. The third kappa shape index (κ3) is 3.83. The Balaban J connectivity index is 2.60. The van der Waals surface area contributed by atoms with E-state index < -0.39 is 0 Å². The molecule has 0 aliphatic rings. The number of aromatic hydroxyl groups is 1. The number of carbonyl (C=O) groups is 1. The number of amides is 1. The van der Waals surface area contributed by atoms with Gasteiger partial charge in [0.2, 0.25) is 0 Å². The highest BCUT2D eigenvalue weighted by Crippen LogP contribution is 2.09.